The van der Waals surface area contributed by atoms with Gasteiger partial charge in [0.25, 0.3) is 0 Å². The standard InChI is InChI=1S/C20H20N4O6/c1-4-29-20(25)19-18(21-23-22-19)13-6-8-16(28-3)14(10-13)11-30-17-9-12(2)5-7-15(17)24(26)27/h5-10H,4,11H2,1-3H3,(H,21,22,23). The van der Waals surface area contributed by atoms with E-state index in [-0.39, 0.29) is 30.3 Å². The topological polar surface area (TPSA) is 129 Å². The van der Waals surface area contributed by atoms with Gasteiger partial charge in [0.15, 0.2) is 11.4 Å². The molecule has 3 aromatic rings. The van der Waals surface area contributed by atoms with Gasteiger partial charge >= 0.3 is 11.7 Å². The van der Waals surface area contributed by atoms with Crippen LogP contribution in [0.15, 0.2) is 36.4 Å². The normalized spacial score (nSPS) is 10.5. The van der Waals surface area contributed by atoms with Crippen molar-refractivity contribution in [2.45, 2.75) is 20.5 Å². The molecule has 1 heterocycles. The van der Waals surface area contributed by atoms with Crippen LogP contribution in [0.25, 0.3) is 11.3 Å². The number of benzene rings is 2. The van der Waals surface area contributed by atoms with E-state index in [1.165, 1.54) is 13.2 Å². The SMILES string of the molecule is CCOC(=O)c1n[nH]nc1-c1ccc(OC)c(COc2cc(C)ccc2[N+](=O)[O-])c1. The molecule has 0 unspecified atom stereocenters. The smallest absolute Gasteiger partial charge is 0.361 e. The lowest BCUT2D eigenvalue weighted by Gasteiger charge is -2.12. The highest BCUT2D eigenvalue weighted by Crippen LogP contribution is 2.31. The Kier molecular flexibility index (Phi) is 6.26. The minimum Gasteiger partial charge on any atom is -0.496 e. The minimum absolute atomic E-state index is 0.00784. The number of aromatic nitrogens is 3. The second-order valence-corrected chi connectivity index (χ2v) is 6.28. The lowest BCUT2D eigenvalue weighted by Crippen LogP contribution is -2.07. The highest BCUT2D eigenvalue weighted by Gasteiger charge is 2.21. The number of rotatable bonds is 8. The van der Waals surface area contributed by atoms with Crippen LogP contribution in [-0.4, -0.2) is 40.0 Å². The first kappa shape index (κ1) is 20.8. The first-order valence-electron chi connectivity index (χ1n) is 9.07. The van der Waals surface area contributed by atoms with Gasteiger partial charge in [0.05, 0.1) is 18.6 Å². The Balaban J connectivity index is 1.92. The van der Waals surface area contributed by atoms with Crippen molar-refractivity contribution < 1.29 is 23.9 Å². The van der Waals surface area contributed by atoms with Gasteiger partial charge in [0.2, 0.25) is 0 Å². The number of nitrogens with zero attached hydrogens (tertiary/aromatic N) is 3. The van der Waals surface area contributed by atoms with Gasteiger partial charge < -0.3 is 14.2 Å². The molecule has 0 aliphatic rings. The molecular weight excluding hydrogens is 392 g/mol. The first-order chi connectivity index (χ1) is 14.4. The molecule has 0 bridgehead atoms. The van der Waals surface area contributed by atoms with Gasteiger partial charge in [-0.15, -0.1) is 5.10 Å². The molecule has 0 fully saturated rings. The number of aryl methyl sites for hydroxylation is 1. The van der Waals surface area contributed by atoms with Crippen LogP contribution >= 0.6 is 0 Å². The first-order valence-corrected chi connectivity index (χ1v) is 9.07. The zero-order chi connectivity index (χ0) is 21.7. The maximum atomic E-state index is 12.1. The molecule has 0 radical (unpaired) electrons. The average molecular weight is 412 g/mol. The summed E-state index contributed by atoms with van der Waals surface area (Å²) in [6.07, 6.45) is 0. The predicted molar refractivity (Wildman–Crippen MR) is 106 cm³/mol. The van der Waals surface area contributed by atoms with E-state index in [0.29, 0.717) is 22.6 Å². The van der Waals surface area contributed by atoms with Crippen LogP contribution in [0.2, 0.25) is 0 Å². The molecule has 156 valence electrons. The summed E-state index contributed by atoms with van der Waals surface area (Å²) >= 11 is 0. The lowest BCUT2D eigenvalue weighted by atomic mass is 10.1. The Morgan fingerprint density at radius 3 is 2.67 bits per heavy atom. The van der Waals surface area contributed by atoms with Crippen molar-refractivity contribution in [3.63, 3.8) is 0 Å². The Labute approximate surface area is 171 Å². The van der Waals surface area contributed by atoms with E-state index in [2.05, 4.69) is 15.4 Å². The van der Waals surface area contributed by atoms with E-state index in [1.54, 1.807) is 37.3 Å². The van der Waals surface area contributed by atoms with E-state index in [0.717, 1.165) is 5.56 Å². The van der Waals surface area contributed by atoms with E-state index in [4.69, 9.17) is 14.2 Å². The van der Waals surface area contributed by atoms with E-state index in [1.807, 2.05) is 6.92 Å². The van der Waals surface area contributed by atoms with Gasteiger partial charge in [-0.05, 0) is 43.7 Å². The third-order valence-corrected chi connectivity index (χ3v) is 4.27. The highest BCUT2D eigenvalue weighted by atomic mass is 16.6. The maximum Gasteiger partial charge on any atom is 0.361 e. The van der Waals surface area contributed by atoms with Crippen molar-refractivity contribution in [2.24, 2.45) is 0 Å². The van der Waals surface area contributed by atoms with Crippen LogP contribution in [-0.2, 0) is 11.3 Å². The zero-order valence-electron chi connectivity index (χ0n) is 16.7. The number of H-pyrrole nitrogens is 1. The summed E-state index contributed by atoms with van der Waals surface area (Å²) in [6, 6.07) is 9.79. The van der Waals surface area contributed by atoms with E-state index < -0.39 is 10.9 Å². The number of methoxy groups -OCH3 is 1. The van der Waals surface area contributed by atoms with Gasteiger partial charge in [0, 0.05) is 17.2 Å². The van der Waals surface area contributed by atoms with Gasteiger partial charge in [0.1, 0.15) is 18.1 Å². The van der Waals surface area contributed by atoms with Gasteiger partial charge in [-0.2, -0.15) is 10.3 Å². The zero-order valence-corrected chi connectivity index (χ0v) is 16.7. The second-order valence-electron chi connectivity index (χ2n) is 6.28. The fourth-order valence-electron chi connectivity index (χ4n) is 2.86. The summed E-state index contributed by atoms with van der Waals surface area (Å²) in [5.74, 6) is 0.0848. The summed E-state index contributed by atoms with van der Waals surface area (Å²) in [4.78, 5) is 22.9. The summed E-state index contributed by atoms with van der Waals surface area (Å²) in [5, 5.41) is 21.6. The number of ether oxygens (including phenoxy) is 3. The van der Waals surface area contributed by atoms with Crippen molar-refractivity contribution in [3.8, 4) is 22.8 Å². The van der Waals surface area contributed by atoms with Crippen molar-refractivity contribution in [1.29, 1.82) is 0 Å². The van der Waals surface area contributed by atoms with Gasteiger partial charge in [-0.25, -0.2) is 4.79 Å². The number of nitro groups is 1. The summed E-state index contributed by atoms with van der Waals surface area (Å²) in [6.45, 7) is 3.74. The van der Waals surface area contributed by atoms with Crippen molar-refractivity contribution in [1.82, 2.24) is 15.4 Å². The number of hydrogen-bond donors (Lipinski definition) is 1. The number of hydrogen-bond acceptors (Lipinski definition) is 8. The Morgan fingerprint density at radius 1 is 1.17 bits per heavy atom. The maximum absolute atomic E-state index is 12.1. The van der Waals surface area contributed by atoms with Crippen LogP contribution in [0.1, 0.15) is 28.5 Å². The average Bonchev–Trinajstić information content (AvgIpc) is 3.22. The lowest BCUT2D eigenvalue weighted by molar-refractivity contribution is -0.386. The van der Waals surface area contributed by atoms with E-state index in [9.17, 15) is 14.9 Å². The molecule has 0 aliphatic heterocycles. The molecule has 2 aromatic carbocycles. The predicted octanol–water partition coefficient (Wildman–Crippen LogP) is 3.45. The highest BCUT2D eigenvalue weighted by molar-refractivity contribution is 5.94. The van der Waals surface area contributed by atoms with Crippen molar-refractivity contribution in [2.75, 3.05) is 13.7 Å². The van der Waals surface area contributed by atoms with Crippen LogP contribution in [0.3, 0.4) is 0 Å². The second kappa shape index (κ2) is 9.03. The third kappa shape index (κ3) is 4.37. The fraction of sp³-hybridized carbons (Fsp3) is 0.250. The molecule has 0 atom stereocenters. The fourth-order valence-corrected chi connectivity index (χ4v) is 2.86. The molecule has 0 saturated heterocycles. The molecule has 10 nitrogen and oxygen atoms in total. The monoisotopic (exact) mass is 412 g/mol. The van der Waals surface area contributed by atoms with Crippen molar-refractivity contribution in [3.05, 3.63) is 63.3 Å². The third-order valence-electron chi connectivity index (χ3n) is 4.27. The summed E-state index contributed by atoms with van der Waals surface area (Å²) in [7, 11) is 1.51. The molecule has 1 aromatic heterocycles. The van der Waals surface area contributed by atoms with Gasteiger partial charge in [-0.1, -0.05) is 6.07 Å². The molecule has 1 N–H and O–H groups in total. The molecule has 0 spiro atoms. The Morgan fingerprint density at radius 2 is 1.97 bits per heavy atom. The molecular formula is C20H20N4O6. The molecule has 3 rings (SSSR count). The minimum atomic E-state index is -0.592. The summed E-state index contributed by atoms with van der Waals surface area (Å²) in [5.41, 5.74) is 2.28. The quantitative estimate of drug-likeness (QED) is 0.338. The number of carbonyl (C=O) groups is 1. The van der Waals surface area contributed by atoms with Crippen molar-refractivity contribution >= 4 is 11.7 Å². The number of nitrogens with one attached hydrogen (secondary N) is 1. The molecule has 0 aliphatic carbocycles. The number of esters is 1. The number of carbonyl (C=O) groups excluding carboxylic acids is 1. The van der Waals surface area contributed by atoms with Crippen LogP contribution in [0.4, 0.5) is 5.69 Å². The Hall–Kier alpha value is -3.95. The summed E-state index contributed by atoms with van der Waals surface area (Å²) < 4.78 is 16.1. The number of aromatic amines is 1. The molecule has 30 heavy (non-hydrogen) atoms. The number of nitro benzene ring substituents is 1. The van der Waals surface area contributed by atoms with Crippen LogP contribution in [0, 0.1) is 17.0 Å². The Bertz CT molecular complexity index is 1080. The molecule has 10 heteroatoms. The van der Waals surface area contributed by atoms with Gasteiger partial charge in [-0.3, -0.25) is 10.1 Å². The molecule has 0 saturated carbocycles. The largest absolute Gasteiger partial charge is 0.496 e. The van der Waals surface area contributed by atoms with Crippen LogP contribution in [0.5, 0.6) is 11.5 Å². The van der Waals surface area contributed by atoms with Crippen LogP contribution < -0.4 is 9.47 Å². The van der Waals surface area contributed by atoms with E-state index >= 15 is 0 Å². The molecule has 0 amide bonds.